The van der Waals surface area contributed by atoms with Gasteiger partial charge in [-0.1, -0.05) is 18.2 Å². The average Bonchev–Trinajstić information content (AvgIpc) is 2.50. The van der Waals surface area contributed by atoms with E-state index in [0.29, 0.717) is 24.2 Å². The number of anilines is 2. The van der Waals surface area contributed by atoms with Crippen LogP contribution in [0.4, 0.5) is 11.4 Å². The number of aryl methyl sites for hydroxylation is 1. The highest BCUT2D eigenvalue weighted by molar-refractivity contribution is 5.97. The molecular formula is C17H20N2O4. The second-order valence-corrected chi connectivity index (χ2v) is 5.69. The van der Waals surface area contributed by atoms with Crippen molar-refractivity contribution in [2.45, 2.75) is 26.7 Å². The molecule has 0 fully saturated rings. The number of benzene rings is 1. The molecule has 1 aliphatic rings. The molecule has 3 N–H and O–H groups in total. The van der Waals surface area contributed by atoms with Crippen LogP contribution in [-0.2, 0) is 14.4 Å². The standard InChI is InChI=1S/C17H20N2O4/c1-10-7-8-12(18-11(2)20)9-15(10)19-16(21)13-5-3-4-6-14(13)17(22)23/h3-4,7-9,13-14H,5-6H2,1-2H3,(H,18,20)(H,19,21)(H,22,23). The van der Waals surface area contributed by atoms with Crippen LogP contribution < -0.4 is 10.6 Å². The van der Waals surface area contributed by atoms with Crippen LogP contribution in [-0.4, -0.2) is 22.9 Å². The van der Waals surface area contributed by atoms with Gasteiger partial charge in [-0.05, 0) is 37.5 Å². The summed E-state index contributed by atoms with van der Waals surface area (Å²) in [5, 5.41) is 14.7. The summed E-state index contributed by atoms with van der Waals surface area (Å²) < 4.78 is 0. The summed E-state index contributed by atoms with van der Waals surface area (Å²) in [5.41, 5.74) is 1.99. The van der Waals surface area contributed by atoms with Crippen molar-refractivity contribution in [3.8, 4) is 0 Å². The van der Waals surface area contributed by atoms with Gasteiger partial charge in [0.15, 0.2) is 0 Å². The highest BCUT2D eigenvalue weighted by atomic mass is 16.4. The number of hydrogen-bond donors (Lipinski definition) is 3. The molecule has 0 aliphatic heterocycles. The Morgan fingerprint density at radius 2 is 1.74 bits per heavy atom. The molecule has 1 aromatic carbocycles. The van der Waals surface area contributed by atoms with Crippen molar-refractivity contribution in [2.24, 2.45) is 11.8 Å². The fourth-order valence-electron chi connectivity index (χ4n) is 2.64. The van der Waals surface area contributed by atoms with Crippen molar-refractivity contribution < 1.29 is 19.5 Å². The normalized spacial score (nSPS) is 19.9. The predicted molar refractivity (Wildman–Crippen MR) is 87.1 cm³/mol. The number of rotatable bonds is 4. The van der Waals surface area contributed by atoms with Gasteiger partial charge in [0, 0.05) is 18.3 Å². The molecule has 6 heteroatoms. The summed E-state index contributed by atoms with van der Waals surface area (Å²) >= 11 is 0. The second kappa shape index (κ2) is 7.09. The third kappa shape index (κ3) is 4.18. The second-order valence-electron chi connectivity index (χ2n) is 5.69. The molecule has 2 amide bonds. The minimum Gasteiger partial charge on any atom is -0.481 e. The minimum absolute atomic E-state index is 0.200. The Bertz CT molecular complexity index is 667. The van der Waals surface area contributed by atoms with E-state index in [1.807, 2.05) is 13.0 Å². The van der Waals surface area contributed by atoms with E-state index in [0.717, 1.165) is 5.56 Å². The van der Waals surface area contributed by atoms with Gasteiger partial charge >= 0.3 is 5.97 Å². The van der Waals surface area contributed by atoms with E-state index in [1.165, 1.54) is 6.92 Å². The van der Waals surface area contributed by atoms with Crippen molar-refractivity contribution >= 4 is 29.2 Å². The maximum atomic E-state index is 12.5. The lowest BCUT2D eigenvalue weighted by Crippen LogP contribution is -2.34. The summed E-state index contributed by atoms with van der Waals surface area (Å²) in [7, 11) is 0. The highest BCUT2D eigenvalue weighted by Gasteiger charge is 2.34. The van der Waals surface area contributed by atoms with E-state index in [2.05, 4.69) is 10.6 Å². The fraction of sp³-hybridized carbons (Fsp3) is 0.353. The minimum atomic E-state index is -0.960. The van der Waals surface area contributed by atoms with E-state index >= 15 is 0 Å². The summed E-state index contributed by atoms with van der Waals surface area (Å²) in [6.45, 7) is 3.24. The lowest BCUT2D eigenvalue weighted by molar-refractivity contribution is -0.146. The van der Waals surface area contributed by atoms with E-state index in [1.54, 1.807) is 24.3 Å². The van der Waals surface area contributed by atoms with E-state index < -0.39 is 17.8 Å². The lowest BCUT2D eigenvalue weighted by atomic mass is 9.82. The van der Waals surface area contributed by atoms with Gasteiger partial charge in [0.1, 0.15) is 0 Å². The van der Waals surface area contributed by atoms with Crippen LogP contribution >= 0.6 is 0 Å². The molecular weight excluding hydrogens is 296 g/mol. The highest BCUT2D eigenvalue weighted by Crippen LogP contribution is 2.28. The van der Waals surface area contributed by atoms with Gasteiger partial charge < -0.3 is 15.7 Å². The molecule has 0 saturated heterocycles. The molecule has 1 aliphatic carbocycles. The summed E-state index contributed by atoms with van der Waals surface area (Å²) in [5.74, 6) is -2.78. The molecule has 0 spiro atoms. The van der Waals surface area contributed by atoms with Crippen LogP contribution in [0.2, 0.25) is 0 Å². The van der Waals surface area contributed by atoms with Crippen molar-refractivity contribution in [1.82, 2.24) is 0 Å². The first-order valence-corrected chi connectivity index (χ1v) is 7.45. The number of hydrogen-bond acceptors (Lipinski definition) is 3. The molecule has 2 atom stereocenters. The first-order chi connectivity index (χ1) is 10.9. The molecule has 0 saturated carbocycles. The SMILES string of the molecule is CC(=O)Nc1ccc(C)c(NC(=O)C2CC=CCC2C(=O)O)c1. The molecule has 0 radical (unpaired) electrons. The lowest BCUT2D eigenvalue weighted by Gasteiger charge is -2.24. The maximum absolute atomic E-state index is 12.5. The van der Waals surface area contributed by atoms with Crippen LogP contribution in [0.3, 0.4) is 0 Å². The zero-order valence-electron chi connectivity index (χ0n) is 13.1. The van der Waals surface area contributed by atoms with Gasteiger partial charge in [0.2, 0.25) is 11.8 Å². The molecule has 122 valence electrons. The molecule has 2 unspecified atom stereocenters. The Morgan fingerprint density at radius 3 is 2.35 bits per heavy atom. The predicted octanol–water partition coefficient (Wildman–Crippen LogP) is 2.56. The first kappa shape index (κ1) is 16.7. The number of carbonyl (C=O) groups excluding carboxylic acids is 2. The van der Waals surface area contributed by atoms with Gasteiger partial charge in [-0.3, -0.25) is 14.4 Å². The summed E-state index contributed by atoms with van der Waals surface area (Å²) in [4.78, 5) is 34.9. The number of aliphatic carboxylic acids is 1. The van der Waals surface area contributed by atoms with Gasteiger partial charge in [-0.2, -0.15) is 0 Å². The van der Waals surface area contributed by atoms with Crippen molar-refractivity contribution in [3.05, 3.63) is 35.9 Å². The number of carboxylic acids is 1. The molecule has 2 rings (SSSR count). The summed E-state index contributed by atoms with van der Waals surface area (Å²) in [6, 6.07) is 5.20. The zero-order valence-corrected chi connectivity index (χ0v) is 13.1. The molecule has 0 aromatic heterocycles. The molecule has 0 bridgehead atoms. The fourth-order valence-corrected chi connectivity index (χ4v) is 2.64. The third-order valence-electron chi connectivity index (χ3n) is 3.90. The Morgan fingerprint density at radius 1 is 1.09 bits per heavy atom. The number of allylic oxidation sites excluding steroid dienone is 2. The van der Waals surface area contributed by atoms with Crippen molar-refractivity contribution in [3.63, 3.8) is 0 Å². The van der Waals surface area contributed by atoms with Crippen molar-refractivity contribution in [1.29, 1.82) is 0 Å². The number of carboxylic acid groups (broad SMARTS) is 1. The van der Waals surface area contributed by atoms with Gasteiger partial charge in [-0.15, -0.1) is 0 Å². The Balaban J connectivity index is 2.17. The average molecular weight is 316 g/mol. The monoisotopic (exact) mass is 316 g/mol. The third-order valence-corrected chi connectivity index (χ3v) is 3.90. The Hall–Kier alpha value is -2.63. The van der Waals surface area contributed by atoms with Gasteiger partial charge in [-0.25, -0.2) is 0 Å². The number of amides is 2. The summed E-state index contributed by atoms with van der Waals surface area (Å²) in [6.07, 6.45) is 4.40. The zero-order chi connectivity index (χ0) is 17.0. The topological polar surface area (TPSA) is 95.5 Å². The Kier molecular flexibility index (Phi) is 5.16. The van der Waals surface area contributed by atoms with Gasteiger partial charge in [0.05, 0.1) is 11.8 Å². The first-order valence-electron chi connectivity index (χ1n) is 7.45. The molecule has 0 heterocycles. The Labute approximate surface area is 134 Å². The smallest absolute Gasteiger partial charge is 0.307 e. The van der Waals surface area contributed by atoms with E-state index in [4.69, 9.17) is 0 Å². The number of nitrogens with one attached hydrogen (secondary N) is 2. The molecule has 6 nitrogen and oxygen atoms in total. The van der Waals surface area contributed by atoms with Crippen LogP contribution in [0.25, 0.3) is 0 Å². The van der Waals surface area contributed by atoms with Gasteiger partial charge in [0.25, 0.3) is 0 Å². The molecule has 1 aromatic rings. The number of carbonyl (C=O) groups is 3. The van der Waals surface area contributed by atoms with E-state index in [-0.39, 0.29) is 11.8 Å². The molecule has 23 heavy (non-hydrogen) atoms. The van der Waals surface area contributed by atoms with Crippen LogP contribution in [0.5, 0.6) is 0 Å². The van der Waals surface area contributed by atoms with Crippen LogP contribution in [0.1, 0.15) is 25.3 Å². The van der Waals surface area contributed by atoms with Crippen LogP contribution in [0, 0.1) is 18.8 Å². The van der Waals surface area contributed by atoms with Crippen molar-refractivity contribution in [2.75, 3.05) is 10.6 Å². The quantitative estimate of drug-likeness (QED) is 0.744. The van der Waals surface area contributed by atoms with E-state index in [9.17, 15) is 19.5 Å². The maximum Gasteiger partial charge on any atom is 0.307 e. The van der Waals surface area contributed by atoms with Crippen LogP contribution in [0.15, 0.2) is 30.4 Å². The largest absolute Gasteiger partial charge is 0.481 e.